The van der Waals surface area contributed by atoms with Gasteiger partial charge in [-0.1, -0.05) is 43.3 Å². The summed E-state index contributed by atoms with van der Waals surface area (Å²) in [6.07, 6.45) is 0.468. The van der Waals surface area contributed by atoms with Crippen molar-refractivity contribution in [2.45, 2.75) is 19.4 Å². The molecule has 0 fully saturated rings. The minimum Gasteiger partial charge on any atom is -0.480 e. The van der Waals surface area contributed by atoms with E-state index in [4.69, 9.17) is 5.73 Å². The van der Waals surface area contributed by atoms with E-state index in [1.165, 1.54) is 0 Å². The zero-order valence-corrected chi connectivity index (χ0v) is 12.2. The molecule has 0 radical (unpaired) electrons. The number of anilines is 1. The van der Waals surface area contributed by atoms with Crippen molar-refractivity contribution in [1.29, 1.82) is 0 Å². The minimum atomic E-state index is -0.874. The molecule has 5 heteroatoms. The Bertz CT molecular complexity index is 825. The second-order valence-electron chi connectivity index (χ2n) is 5.15. The highest BCUT2D eigenvalue weighted by Gasteiger charge is 2.24. The molecule has 22 heavy (non-hydrogen) atoms. The predicted octanol–water partition coefficient (Wildman–Crippen LogP) is 3.32. The topological polar surface area (TPSA) is 81.1 Å². The van der Waals surface area contributed by atoms with Crippen LogP contribution in [0.2, 0.25) is 0 Å². The molecular weight excluding hydrogens is 278 g/mol. The summed E-state index contributed by atoms with van der Waals surface area (Å²) >= 11 is 0. The molecule has 1 heterocycles. The minimum absolute atomic E-state index is 0.468. The van der Waals surface area contributed by atoms with Gasteiger partial charge in [-0.3, -0.25) is 0 Å². The number of benzene rings is 2. The Morgan fingerprint density at radius 3 is 2.59 bits per heavy atom. The molecule has 0 aliphatic rings. The van der Waals surface area contributed by atoms with Crippen LogP contribution in [0.25, 0.3) is 22.4 Å². The number of carbonyl (C=O) groups is 1. The number of imidazole rings is 1. The third-order valence-corrected chi connectivity index (χ3v) is 3.77. The second kappa shape index (κ2) is 5.52. The van der Waals surface area contributed by atoms with Gasteiger partial charge >= 0.3 is 5.97 Å². The van der Waals surface area contributed by atoms with E-state index in [1.807, 2.05) is 49.4 Å². The van der Waals surface area contributed by atoms with E-state index in [1.54, 1.807) is 10.6 Å². The predicted molar refractivity (Wildman–Crippen MR) is 86.5 cm³/mol. The number of aliphatic carboxylic acids is 1. The molecule has 112 valence electrons. The summed E-state index contributed by atoms with van der Waals surface area (Å²) in [5.41, 5.74) is 8.82. The SMILES string of the molecule is CCC(C(=O)O)n1c(-c2ccccc2)nc2c(N)cccc21. The number of hydrogen-bond acceptors (Lipinski definition) is 3. The van der Waals surface area contributed by atoms with Crippen molar-refractivity contribution in [3.8, 4) is 11.4 Å². The van der Waals surface area contributed by atoms with Gasteiger partial charge in [-0.25, -0.2) is 9.78 Å². The average Bonchev–Trinajstić information content (AvgIpc) is 2.90. The monoisotopic (exact) mass is 295 g/mol. The van der Waals surface area contributed by atoms with E-state index in [2.05, 4.69) is 4.98 Å². The lowest BCUT2D eigenvalue weighted by Crippen LogP contribution is -2.19. The van der Waals surface area contributed by atoms with Gasteiger partial charge in [0.2, 0.25) is 0 Å². The Kier molecular flexibility index (Phi) is 3.55. The maximum Gasteiger partial charge on any atom is 0.326 e. The molecule has 0 saturated heterocycles. The van der Waals surface area contributed by atoms with E-state index < -0.39 is 12.0 Å². The maximum absolute atomic E-state index is 11.7. The zero-order chi connectivity index (χ0) is 15.7. The number of fused-ring (bicyclic) bond motifs is 1. The standard InChI is InChI=1S/C17H17N3O2/c1-2-13(17(21)22)20-14-10-6-9-12(18)15(14)19-16(20)11-7-4-3-5-8-11/h3-10,13H,2,18H2,1H3,(H,21,22). The zero-order valence-electron chi connectivity index (χ0n) is 12.2. The Labute approximate surface area is 128 Å². The number of para-hydroxylation sites is 1. The Hall–Kier alpha value is -2.82. The molecular formula is C17H17N3O2. The molecule has 0 spiro atoms. The molecule has 1 unspecified atom stereocenters. The van der Waals surface area contributed by atoms with Crippen LogP contribution in [0.1, 0.15) is 19.4 Å². The van der Waals surface area contributed by atoms with Crippen molar-refractivity contribution in [3.05, 3.63) is 48.5 Å². The number of hydrogen-bond donors (Lipinski definition) is 2. The molecule has 3 rings (SSSR count). The van der Waals surface area contributed by atoms with E-state index in [9.17, 15) is 9.90 Å². The summed E-state index contributed by atoms with van der Waals surface area (Å²) in [5, 5.41) is 9.57. The third kappa shape index (κ3) is 2.20. The molecule has 0 saturated carbocycles. The number of nitrogen functional groups attached to an aromatic ring is 1. The number of carboxylic acid groups (broad SMARTS) is 1. The molecule has 0 aliphatic heterocycles. The number of rotatable bonds is 4. The average molecular weight is 295 g/mol. The van der Waals surface area contributed by atoms with Gasteiger partial charge in [-0.05, 0) is 18.6 Å². The first-order valence-electron chi connectivity index (χ1n) is 7.18. The van der Waals surface area contributed by atoms with Gasteiger partial charge in [0.1, 0.15) is 17.4 Å². The highest BCUT2D eigenvalue weighted by atomic mass is 16.4. The molecule has 3 aromatic rings. The van der Waals surface area contributed by atoms with Crippen molar-refractivity contribution in [3.63, 3.8) is 0 Å². The molecule has 0 amide bonds. The number of nitrogens with zero attached hydrogens (tertiary/aromatic N) is 2. The highest BCUT2D eigenvalue weighted by Crippen LogP contribution is 2.32. The van der Waals surface area contributed by atoms with Gasteiger partial charge < -0.3 is 15.4 Å². The summed E-state index contributed by atoms with van der Waals surface area (Å²) in [6.45, 7) is 1.85. The fourth-order valence-corrected chi connectivity index (χ4v) is 2.71. The summed E-state index contributed by atoms with van der Waals surface area (Å²) < 4.78 is 1.77. The first-order valence-corrected chi connectivity index (χ1v) is 7.18. The maximum atomic E-state index is 11.7. The van der Waals surface area contributed by atoms with Gasteiger partial charge in [-0.2, -0.15) is 0 Å². The van der Waals surface area contributed by atoms with Crippen LogP contribution >= 0.6 is 0 Å². The molecule has 5 nitrogen and oxygen atoms in total. The molecule has 0 aliphatic carbocycles. The Morgan fingerprint density at radius 1 is 1.23 bits per heavy atom. The second-order valence-corrected chi connectivity index (χ2v) is 5.15. The lowest BCUT2D eigenvalue weighted by molar-refractivity contribution is -0.140. The van der Waals surface area contributed by atoms with Crippen LogP contribution in [0, 0.1) is 0 Å². The largest absolute Gasteiger partial charge is 0.480 e. The van der Waals surface area contributed by atoms with Crippen LogP contribution < -0.4 is 5.73 Å². The van der Waals surface area contributed by atoms with Gasteiger partial charge in [0.15, 0.2) is 0 Å². The van der Waals surface area contributed by atoms with Gasteiger partial charge in [0, 0.05) is 5.56 Å². The summed E-state index contributed by atoms with van der Waals surface area (Å²) in [7, 11) is 0. The lowest BCUT2D eigenvalue weighted by atomic mass is 10.1. The first kappa shape index (κ1) is 14.1. The van der Waals surface area contributed by atoms with Crippen molar-refractivity contribution in [1.82, 2.24) is 9.55 Å². The Balaban J connectivity index is 2.36. The van der Waals surface area contributed by atoms with Gasteiger partial charge in [0.05, 0.1) is 11.2 Å². The molecule has 3 N–H and O–H groups in total. The number of nitrogens with two attached hydrogens (primary N) is 1. The molecule has 1 atom stereocenters. The first-order chi connectivity index (χ1) is 10.6. The number of carboxylic acids is 1. The fourth-order valence-electron chi connectivity index (χ4n) is 2.71. The van der Waals surface area contributed by atoms with E-state index >= 15 is 0 Å². The van der Waals surface area contributed by atoms with E-state index in [0.717, 1.165) is 11.1 Å². The van der Waals surface area contributed by atoms with Crippen LogP contribution in [0.15, 0.2) is 48.5 Å². The van der Waals surface area contributed by atoms with E-state index in [0.29, 0.717) is 23.4 Å². The molecule has 2 aromatic carbocycles. The normalized spacial score (nSPS) is 12.4. The molecule has 1 aromatic heterocycles. The van der Waals surface area contributed by atoms with Crippen molar-refractivity contribution in [2.75, 3.05) is 5.73 Å². The fraction of sp³-hybridized carbons (Fsp3) is 0.176. The van der Waals surface area contributed by atoms with Gasteiger partial charge in [-0.15, -0.1) is 0 Å². The lowest BCUT2D eigenvalue weighted by Gasteiger charge is -2.16. The van der Waals surface area contributed by atoms with Crippen LogP contribution in [0.5, 0.6) is 0 Å². The van der Waals surface area contributed by atoms with Crippen LogP contribution in [0.4, 0.5) is 5.69 Å². The van der Waals surface area contributed by atoms with E-state index in [-0.39, 0.29) is 0 Å². The molecule has 0 bridgehead atoms. The number of aromatic nitrogens is 2. The van der Waals surface area contributed by atoms with Crippen molar-refractivity contribution >= 4 is 22.7 Å². The summed E-state index contributed by atoms with van der Waals surface area (Å²) in [5.74, 6) is -0.246. The smallest absolute Gasteiger partial charge is 0.326 e. The quantitative estimate of drug-likeness (QED) is 0.723. The van der Waals surface area contributed by atoms with Crippen LogP contribution in [-0.4, -0.2) is 20.6 Å². The highest BCUT2D eigenvalue weighted by molar-refractivity contribution is 5.91. The van der Waals surface area contributed by atoms with Crippen molar-refractivity contribution in [2.24, 2.45) is 0 Å². The van der Waals surface area contributed by atoms with Crippen LogP contribution in [-0.2, 0) is 4.79 Å². The van der Waals surface area contributed by atoms with Crippen LogP contribution in [0.3, 0.4) is 0 Å². The van der Waals surface area contributed by atoms with Crippen molar-refractivity contribution < 1.29 is 9.90 Å². The third-order valence-electron chi connectivity index (χ3n) is 3.77. The Morgan fingerprint density at radius 2 is 1.95 bits per heavy atom. The summed E-state index contributed by atoms with van der Waals surface area (Å²) in [6, 6.07) is 14.3. The summed E-state index contributed by atoms with van der Waals surface area (Å²) in [4.78, 5) is 16.3. The van der Waals surface area contributed by atoms with Gasteiger partial charge in [0.25, 0.3) is 0 Å².